The molecular formula is C39H49O7P. The van der Waals surface area contributed by atoms with Crippen molar-refractivity contribution in [3.8, 4) is 56.8 Å². The van der Waals surface area contributed by atoms with Crippen molar-refractivity contribution >= 4 is 19.0 Å². The second-order valence-electron chi connectivity index (χ2n) is 13.3. The lowest BCUT2D eigenvalue weighted by molar-refractivity contribution is -0.121. The maximum atomic E-state index is 13.9. The number of ether oxygens (including phenoxy) is 6. The van der Waals surface area contributed by atoms with E-state index in [2.05, 4.69) is 18.2 Å². The SMILES string of the molecule is COc1cc(OC)c(-c2cccc(-c3c(OC)cc(OC)cc3OC)c2P2C3(CCCCC3)CC(=O)CC23CCCCC3)c(OC)c1. The summed E-state index contributed by atoms with van der Waals surface area (Å²) in [5, 5.41) is 1.14. The van der Waals surface area contributed by atoms with Crippen LogP contribution in [-0.4, -0.2) is 58.8 Å². The summed E-state index contributed by atoms with van der Waals surface area (Å²) in [6.45, 7) is 0. The first kappa shape index (κ1) is 33.5. The second-order valence-corrected chi connectivity index (χ2v) is 16.3. The van der Waals surface area contributed by atoms with Gasteiger partial charge in [0.2, 0.25) is 0 Å². The molecule has 7 nitrogen and oxygen atoms in total. The van der Waals surface area contributed by atoms with Crippen LogP contribution in [0.2, 0.25) is 0 Å². The van der Waals surface area contributed by atoms with E-state index in [1.54, 1.807) is 42.7 Å². The molecule has 3 aliphatic rings. The third kappa shape index (κ3) is 5.94. The number of carbonyl (C=O) groups excluding carboxylic acids is 1. The molecule has 3 fully saturated rings. The number of rotatable bonds is 9. The molecule has 0 aromatic heterocycles. The number of ketones is 1. The molecule has 2 saturated carbocycles. The van der Waals surface area contributed by atoms with Crippen LogP contribution >= 0.6 is 7.92 Å². The highest BCUT2D eigenvalue weighted by Crippen LogP contribution is 2.74. The van der Waals surface area contributed by atoms with Gasteiger partial charge in [0, 0.05) is 47.4 Å². The Bertz CT molecular complexity index is 1440. The van der Waals surface area contributed by atoms with Gasteiger partial charge in [-0.3, -0.25) is 4.79 Å². The van der Waals surface area contributed by atoms with Crippen LogP contribution in [0.1, 0.15) is 77.0 Å². The van der Waals surface area contributed by atoms with Crippen LogP contribution in [0.3, 0.4) is 0 Å². The van der Waals surface area contributed by atoms with Crippen LogP contribution < -0.4 is 33.7 Å². The Balaban J connectivity index is 1.77. The Morgan fingerprint density at radius 3 is 1.21 bits per heavy atom. The summed E-state index contributed by atoms with van der Waals surface area (Å²) >= 11 is 0. The molecule has 1 heterocycles. The summed E-state index contributed by atoms with van der Waals surface area (Å²) in [5.74, 6) is 4.53. The average molecular weight is 661 g/mol. The smallest absolute Gasteiger partial charge is 0.134 e. The van der Waals surface area contributed by atoms with E-state index < -0.39 is 7.92 Å². The molecule has 1 aliphatic heterocycles. The highest BCUT2D eigenvalue weighted by Gasteiger charge is 2.57. The molecular weight excluding hydrogens is 611 g/mol. The van der Waals surface area contributed by atoms with E-state index >= 15 is 0 Å². The van der Waals surface area contributed by atoms with Crippen molar-refractivity contribution in [2.45, 2.75) is 87.4 Å². The molecule has 0 radical (unpaired) electrons. The third-order valence-electron chi connectivity index (χ3n) is 10.8. The summed E-state index contributed by atoms with van der Waals surface area (Å²) in [4.78, 5) is 13.9. The van der Waals surface area contributed by atoms with E-state index in [1.165, 1.54) is 18.1 Å². The first-order valence-corrected chi connectivity index (χ1v) is 18.3. The predicted molar refractivity (Wildman–Crippen MR) is 189 cm³/mol. The van der Waals surface area contributed by atoms with Gasteiger partial charge in [-0.25, -0.2) is 0 Å². The topological polar surface area (TPSA) is 72.5 Å². The zero-order chi connectivity index (χ0) is 33.2. The maximum Gasteiger partial charge on any atom is 0.134 e. The van der Waals surface area contributed by atoms with Gasteiger partial charge in [0.1, 0.15) is 40.3 Å². The zero-order valence-corrected chi connectivity index (χ0v) is 29.7. The normalized spacial score (nSPS) is 19.0. The molecule has 2 spiro atoms. The van der Waals surface area contributed by atoms with Gasteiger partial charge in [-0.05, 0) is 42.1 Å². The van der Waals surface area contributed by atoms with Gasteiger partial charge in [0.05, 0.1) is 53.8 Å². The molecule has 6 rings (SSSR count). The molecule has 0 amide bonds. The summed E-state index contributed by atoms with van der Waals surface area (Å²) in [6.07, 6.45) is 12.7. The van der Waals surface area contributed by atoms with E-state index in [0.717, 1.165) is 73.6 Å². The molecule has 3 aromatic rings. The highest BCUT2D eigenvalue weighted by molar-refractivity contribution is 7.69. The van der Waals surface area contributed by atoms with E-state index in [4.69, 9.17) is 28.4 Å². The number of Topliss-reactive ketones (excluding diaryl/α,β-unsaturated/α-hetero) is 1. The van der Waals surface area contributed by atoms with Crippen molar-refractivity contribution in [3.05, 3.63) is 42.5 Å². The zero-order valence-electron chi connectivity index (χ0n) is 28.8. The molecule has 0 unspecified atom stereocenters. The number of hydrogen-bond acceptors (Lipinski definition) is 7. The fourth-order valence-electron chi connectivity index (χ4n) is 8.88. The summed E-state index contributed by atoms with van der Waals surface area (Å²) in [5.41, 5.74) is 3.95. The van der Waals surface area contributed by atoms with Gasteiger partial charge in [-0.1, -0.05) is 64.6 Å². The van der Waals surface area contributed by atoms with E-state index in [0.29, 0.717) is 53.1 Å². The molecule has 47 heavy (non-hydrogen) atoms. The minimum atomic E-state index is -0.885. The van der Waals surface area contributed by atoms with Crippen LogP contribution in [-0.2, 0) is 4.79 Å². The molecule has 3 aromatic carbocycles. The van der Waals surface area contributed by atoms with Crippen LogP contribution in [0.25, 0.3) is 22.3 Å². The number of carbonyl (C=O) groups is 1. The van der Waals surface area contributed by atoms with Crippen molar-refractivity contribution in [3.63, 3.8) is 0 Å². The van der Waals surface area contributed by atoms with E-state index in [9.17, 15) is 4.79 Å². The number of methoxy groups -OCH3 is 6. The monoisotopic (exact) mass is 660 g/mol. The summed E-state index contributed by atoms with van der Waals surface area (Å²) in [7, 11) is 9.23. The molecule has 0 bridgehead atoms. The van der Waals surface area contributed by atoms with Crippen LogP contribution in [0, 0.1) is 0 Å². The molecule has 2 aliphatic carbocycles. The van der Waals surface area contributed by atoms with Gasteiger partial charge in [-0.2, -0.15) is 0 Å². The van der Waals surface area contributed by atoms with Crippen LogP contribution in [0.4, 0.5) is 0 Å². The highest BCUT2D eigenvalue weighted by atomic mass is 31.1. The second kappa shape index (κ2) is 14.0. The number of benzene rings is 3. The fourth-order valence-corrected chi connectivity index (χ4v) is 13.9. The average Bonchev–Trinajstić information content (AvgIpc) is 3.10. The Morgan fingerprint density at radius 1 is 0.532 bits per heavy atom. The van der Waals surface area contributed by atoms with Crippen molar-refractivity contribution in [2.24, 2.45) is 0 Å². The van der Waals surface area contributed by atoms with E-state index in [1.807, 2.05) is 24.3 Å². The molecule has 252 valence electrons. The quantitative estimate of drug-likeness (QED) is 0.212. The van der Waals surface area contributed by atoms with Crippen LogP contribution in [0.15, 0.2) is 42.5 Å². The van der Waals surface area contributed by atoms with Gasteiger partial charge >= 0.3 is 0 Å². The minimum Gasteiger partial charge on any atom is -0.496 e. The third-order valence-corrected chi connectivity index (χ3v) is 14.8. The van der Waals surface area contributed by atoms with Crippen molar-refractivity contribution < 1.29 is 33.2 Å². The molecule has 0 N–H and O–H groups in total. The van der Waals surface area contributed by atoms with Gasteiger partial charge in [0.25, 0.3) is 0 Å². The first-order valence-electron chi connectivity index (χ1n) is 16.9. The lowest BCUT2D eigenvalue weighted by atomic mass is 9.79. The Labute approximate surface area is 281 Å². The van der Waals surface area contributed by atoms with Crippen molar-refractivity contribution in [1.82, 2.24) is 0 Å². The van der Waals surface area contributed by atoms with Gasteiger partial charge < -0.3 is 28.4 Å². The fraction of sp³-hybridized carbons (Fsp3) is 0.513. The minimum absolute atomic E-state index is 0.0784. The largest absolute Gasteiger partial charge is 0.496 e. The van der Waals surface area contributed by atoms with E-state index in [-0.39, 0.29) is 10.3 Å². The Morgan fingerprint density at radius 2 is 0.894 bits per heavy atom. The summed E-state index contributed by atoms with van der Waals surface area (Å²) in [6, 6.07) is 14.3. The lowest BCUT2D eigenvalue weighted by Gasteiger charge is -2.58. The van der Waals surface area contributed by atoms with Crippen molar-refractivity contribution in [1.29, 1.82) is 0 Å². The maximum absolute atomic E-state index is 13.9. The summed E-state index contributed by atoms with van der Waals surface area (Å²) < 4.78 is 35.8. The lowest BCUT2D eigenvalue weighted by Crippen LogP contribution is -2.51. The number of hydrogen-bond donors (Lipinski definition) is 0. The Kier molecular flexibility index (Phi) is 9.94. The first-order chi connectivity index (χ1) is 22.9. The van der Waals surface area contributed by atoms with Crippen molar-refractivity contribution in [2.75, 3.05) is 42.7 Å². The molecule has 0 atom stereocenters. The van der Waals surface area contributed by atoms with Gasteiger partial charge in [-0.15, -0.1) is 0 Å². The Hall–Kier alpha value is -3.44. The standard InChI is InChI=1S/C39H49O7P/c1-41-27-20-31(43-3)35(32(21-27)44-4)29-14-13-15-30(36-33(45-5)22-28(42-2)23-34(36)46-6)37(29)47-38(16-9-7-10-17-38)24-26(40)25-39(47)18-11-8-12-19-39/h13-15,20-23H,7-12,16-19,24-25H2,1-6H3. The van der Waals surface area contributed by atoms with Crippen LogP contribution in [0.5, 0.6) is 34.5 Å². The molecule has 1 saturated heterocycles. The molecule has 8 heteroatoms. The predicted octanol–water partition coefficient (Wildman–Crippen LogP) is 8.95. The van der Waals surface area contributed by atoms with Gasteiger partial charge in [0.15, 0.2) is 0 Å².